The molecule has 114 valence electrons. The molecule has 0 aliphatic carbocycles. The minimum absolute atomic E-state index is 0.298. The molecule has 2 N–H and O–H groups in total. The van der Waals surface area contributed by atoms with Gasteiger partial charge in [0.2, 0.25) is 0 Å². The molecule has 0 spiro atoms. The Balaban J connectivity index is 2.19. The molecule has 0 amide bonds. The van der Waals surface area contributed by atoms with Crippen LogP contribution in [0.2, 0.25) is 0 Å². The quantitative estimate of drug-likeness (QED) is 0.883. The van der Waals surface area contributed by atoms with Crippen molar-refractivity contribution in [3.05, 3.63) is 18.0 Å². The summed E-state index contributed by atoms with van der Waals surface area (Å²) in [5.41, 5.74) is 7.36. The summed E-state index contributed by atoms with van der Waals surface area (Å²) in [5.74, 6) is 0. The van der Waals surface area contributed by atoms with Crippen LogP contribution in [-0.4, -0.2) is 58.8 Å². The van der Waals surface area contributed by atoms with E-state index in [-0.39, 0.29) is 0 Å². The van der Waals surface area contributed by atoms with Crippen LogP contribution in [0.3, 0.4) is 0 Å². The van der Waals surface area contributed by atoms with E-state index in [0.717, 1.165) is 19.6 Å². The second-order valence-electron chi connectivity index (χ2n) is 5.80. The molecule has 1 aliphatic rings. The molecule has 1 fully saturated rings. The number of nitrogens with two attached hydrogens (primary N) is 1. The van der Waals surface area contributed by atoms with Gasteiger partial charge in [0.1, 0.15) is 0 Å². The van der Waals surface area contributed by atoms with E-state index >= 15 is 0 Å². The number of likely N-dealkylation sites (N-methyl/N-ethyl adjacent to an activating group) is 1. The zero-order valence-corrected chi connectivity index (χ0v) is 13.1. The van der Waals surface area contributed by atoms with Crippen LogP contribution in [0.5, 0.6) is 0 Å². The fourth-order valence-electron chi connectivity index (χ4n) is 3.22. The van der Waals surface area contributed by atoms with Crippen molar-refractivity contribution in [2.24, 2.45) is 5.73 Å². The fraction of sp³-hybridized carbons (Fsp3) is 0.800. The molecule has 0 bridgehead atoms. The van der Waals surface area contributed by atoms with Gasteiger partial charge in [-0.25, -0.2) is 0 Å². The molecule has 0 aromatic carbocycles. The molecule has 1 saturated heterocycles. The van der Waals surface area contributed by atoms with Crippen molar-refractivity contribution in [1.29, 1.82) is 0 Å². The van der Waals surface area contributed by atoms with Gasteiger partial charge in [0.05, 0.1) is 12.2 Å². The topological polar surface area (TPSA) is 50.3 Å². The first kappa shape index (κ1) is 15.5. The van der Waals surface area contributed by atoms with Crippen LogP contribution in [0.25, 0.3) is 0 Å². The maximum Gasteiger partial charge on any atom is 0.0538 e. The highest BCUT2D eigenvalue weighted by atomic mass is 15.3. The molecular weight excluding hydrogens is 250 g/mol. The monoisotopic (exact) mass is 279 g/mol. The second kappa shape index (κ2) is 7.20. The number of nitrogens with zero attached hydrogens (tertiary/aromatic N) is 4. The summed E-state index contributed by atoms with van der Waals surface area (Å²) in [6.45, 7) is 9.41. The molecule has 1 aromatic heterocycles. The Morgan fingerprint density at radius 1 is 1.40 bits per heavy atom. The smallest absolute Gasteiger partial charge is 0.0538 e. The molecule has 2 heterocycles. The van der Waals surface area contributed by atoms with Crippen LogP contribution >= 0.6 is 0 Å². The predicted molar refractivity (Wildman–Crippen MR) is 82.6 cm³/mol. The molecule has 0 radical (unpaired) electrons. The van der Waals surface area contributed by atoms with Crippen LogP contribution in [0.1, 0.15) is 38.3 Å². The summed E-state index contributed by atoms with van der Waals surface area (Å²) in [6.07, 6.45) is 6.52. The lowest BCUT2D eigenvalue weighted by Gasteiger charge is -2.36. The average molecular weight is 279 g/mol. The second-order valence-corrected chi connectivity index (χ2v) is 5.80. The molecule has 2 unspecified atom stereocenters. The van der Waals surface area contributed by atoms with Crippen molar-refractivity contribution >= 4 is 0 Å². The van der Waals surface area contributed by atoms with E-state index in [0.29, 0.717) is 18.6 Å². The summed E-state index contributed by atoms with van der Waals surface area (Å²) in [5, 5.41) is 4.41. The van der Waals surface area contributed by atoms with Gasteiger partial charge in [-0.05, 0) is 33.4 Å². The fourth-order valence-corrected chi connectivity index (χ4v) is 3.22. The van der Waals surface area contributed by atoms with E-state index < -0.39 is 0 Å². The van der Waals surface area contributed by atoms with Crippen LogP contribution in [0.15, 0.2) is 12.4 Å². The van der Waals surface area contributed by atoms with Gasteiger partial charge in [-0.3, -0.25) is 9.58 Å². The van der Waals surface area contributed by atoms with Gasteiger partial charge in [-0.1, -0.05) is 6.92 Å². The van der Waals surface area contributed by atoms with Gasteiger partial charge in [0.25, 0.3) is 0 Å². The van der Waals surface area contributed by atoms with Gasteiger partial charge in [-0.2, -0.15) is 5.10 Å². The predicted octanol–water partition coefficient (Wildman–Crippen LogP) is 1.32. The van der Waals surface area contributed by atoms with Crippen molar-refractivity contribution in [3.63, 3.8) is 0 Å². The normalized spacial score (nSPS) is 23.7. The number of hydrogen-bond donors (Lipinski definition) is 1. The summed E-state index contributed by atoms with van der Waals surface area (Å²) in [7, 11) is 2.22. The van der Waals surface area contributed by atoms with E-state index in [2.05, 4.69) is 42.0 Å². The van der Waals surface area contributed by atoms with E-state index in [1.54, 1.807) is 0 Å². The lowest BCUT2D eigenvalue weighted by Crippen LogP contribution is -2.44. The standard InChI is InChI=1S/C15H29N5/c1-4-14-12-18(3)7-6-8-20(14)15(9-16)13-10-17-19(5-2)11-13/h10-11,14-15H,4-9,12,16H2,1-3H3. The summed E-state index contributed by atoms with van der Waals surface area (Å²) < 4.78 is 1.99. The van der Waals surface area contributed by atoms with Crippen molar-refractivity contribution < 1.29 is 0 Å². The largest absolute Gasteiger partial charge is 0.329 e. The van der Waals surface area contributed by atoms with Gasteiger partial charge >= 0.3 is 0 Å². The minimum atomic E-state index is 0.298. The lowest BCUT2D eigenvalue weighted by molar-refractivity contribution is 0.131. The van der Waals surface area contributed by atoms with Crippen molar-refractivity contribution in [3.8, 4) is 0 Å². The summed E-state index contributed by atoms with van der Waals surface area (Å²) in [6, 6.07) is 0.882. The maximum absolute atomic E-state index is 6.10. The van der Waals surface area contributed by atoms with Crippen molar-refractivity contribution in [2.45, 2.75) is 45.3 Å². The van der Waals surface area contributed by atoms with Crippen LogP contribution in [-0.2, 0) is 6.54 Å². The molecule has 2 rings (SSSR count). The molecular formula is C15H29N5. The lowest BCUT2D eigenvalue weighted by atomic mass is 10.0. The third-order valence-electron chi connectivity index (χ3n) is 4.40. The van der Waals surface area contributed by atoms with E-state index in [1.165, 1.54) is 24.9 Å². The Kier molecular flexibility index (Phi) is 5.57. The van der Waals surface area contributed by atoms with Crippen molar-refractivity contribution in [1.82, 2.24) is 19.6 Å². The van der Waals surface area contributed by atoms with Crippen LogP contribution in [0, 0.1) is 0 Å². The van der Waals surface area contributed by atoms with Crippen LogP contribution in [0.4, 0.5) is 0 Å². The molecule has 2 atom stereocenters. The Morgan fingerprint density at radius 3 is 2.80 bits per heavy atom. The zero-order valence-electron chi connectivity index (χ0n) is 13.1. The maximum atomic E-state index is 6.10. The van der Waals surface area contributed by atoms with E-state index in [9.17, 15) is 0 Å². The first-order chi connectivity index (χ1) is 9.69. The van der Waals surface area contributed by atoms with Gasteiger partial charge in [-0.15, -0.1) is 0 Å². The highest BCUT2D eigenvalue weighted by Crippen LogP contribution is 2.25. The first-order valence-corrected chi connectivity index (χ1v) is 7.86. The number of aryl methyl sites for hydroxylation is 1. The van der Waals surface area contributed by atoms with Crippen LogP contribution < -0.4 is 5.73 Å². The number of aromatic nitrogens is 2. The third-order valence-corrected chi connectivity index (χ3v) is 4.40. The average Bonchev–Trinajstić information content (AvgIpc) is 2.85. The SMILES string of the molecule is CCC1CN(C)CCCN1C(CN)c1cnn(CC)c1. The Morgan fingerprint density at radius 2 is 2.20 bits per heavy atom. The van der Waals surface area contributed by atoms with E-state index in [4.69, 9.17) is 5.73 Å². The van der Waals surface area contributed by atoms with Gasteiger partial charge in [0, 0.05) is 44.0 Å². The minimum Gasteiger partial charge on any atom is -0.329 e. The molecule has 0 saturated carbocycles. The van der Waals surface area contributed by atoms with Gasteiger partial charge in [0.15, 0.2) is 0 Å². The highest BCUT2D eigenvalue weighted by molar-refractivity contribution is 5.12. The number of hydrogen-bond acceptors (Lipinski definition) is 4. The molecule has 5 heteroatoms. The zero-order chi connectivity index (χ0) is 14.5. The highest BCUT2D eigenvalue weighted by Gasteiger charge is 2.29. The molecule has 20 heavy (non-hydrogen) atoms. The van der Waals surface area contributed by atoms with Crippen molar-refractivity contribution in [2.75, 3.05) is 33.2 Å². The molecule has 5 nitrogen and oxygen atoms in total. The summed E-state index contributed by atoms with van der Waals surface area (Å²) >= 11 is 0. The Bertz CT molecular complexity index is 403. The van der Waals surface area contributed by atoms with Gasteiger partial charge < -0.3 is 10.6 Å². The molecule has 1 aliphatic heterocycles. The summed E-state index contributed by atoms with van der Waals surface area (Å²) in [4.78, 5) is 5.04. The molecule has 1 aromatic rings. The number of rotatable bonds is 5. The Hall–Kier alpha value is -0.910. The Labute approximate surface area is 122 Å². The third kappa shape index (κ3) is 3.40. The van der Waals surface area contributed by atoms with E-state index in [1.807, 2.05) is 10.9 Å². The first-order valence-electron chi connectivity index (χ1n) is 7.86.